The SMILES string of the molecule is CCC(=O)C/C(=C\C1CCCCC1)C(C)=O. The number of ketones is 2. The largest absolute Gasteiger partial charge is 0.299 e. The number of carbonyl (C=O) groups is 2. The lowest BCUT2D eigenvalue weighted by atomic mass is 9.86. The van der Waals surface area contributed by atoms with Gasteiger partial charge in [0.15, 0.2) is 5.78 Å². The van der Waals surface area contributed by atoms with Crippen molar-refractivity contribution in [3.63, 3.8) is 0 Å². The Morgan fingerprint density at radius 3 is 2.31 bits per heavy atom. The van der Waals surface area contributed by atoms with Crippen molar-refractivity contribution in [2.45, 2.75) is 58.8 Å². The minimum atomic E-state index is 0.0624. The van der Waals surface area contributed by atoms with E-state index in [1.165, 1.54) is 32.1 Å². The zero-order chi connectivity index (χ0) is 12.0. The lowest BCUT2D eigenvalue weighted by Crippen LogP contribution is -2.09. The quantitative estimate of drug-likeness (QED) is 0.668. The van der Waals surface area contributed by atoms with Crippen LogP contribution in [0.15, 0.2) is 11.6 Å². The zero-order valence-electron chi connectivity index (χ0n) is 10.4. The molecule has 0 aliphatic heterocycles. The van der Waals surface area contributed by atoms with Gasteiger partial charge in [-0.2, -0.15) is 0 Å². The lowest BCUT2D eigenvalue weighted by molar-refractivity contribution is -0.120. The van der Waals surface area contributed by atoms with Crippen LogP contribution in [0.4, 0.5) is 0 Å². The molecule has 0 amide bonds. The van der Waals surface area contributed by atoms with E-state index in [0.29, 0.717) is 18.8 Å². The van der Waals surface area contributed by atoms with Crippen molar-refractivity contribution < 1.29 is 9.59 Å². The first-order valence-electron chi connectivity index (χ1n) is 6.36. The third-order valence-corrected chi connectivity index (χ3v) is 3.32. The normalized spacial score (nSPS) is 18.5. The van der Waals surface area contributed by atoms with Crippen LogP contribution in [0, 0.1) is 5.92 Å². The number of Topliss-reactive ketones (excluding diaryl/α,β-unsaturated/α-hetero) is 2. The number of hydrogen-bond donors (Lipinski definition) is 0. The van der Waals surface area contributed by atoms with E-state index >= 15 is 0 Å². The number of rotatable bonds is 5. The predicted octanol–water partition coefficient (Wildman–Crippen LogP) is 3.45. The summed E-state index contributed by atoms with van der Waals surface area (Å²) in [7, 11) is 0. The van der Waals surface area contributed by atoms with Crippen molar-refractivity contribution in [3.8, 4) is 0 Å². The highest BCUT2D eigenvalue weighted by atomic mass is 16.1. The molecule has 0 heterocycles. The minimum Gasteiger partial charge on any atom is -0.299 e. The highest BCUT2D eigenvalue weighted by Gasteiger charge is 2.15. The first kappa shape index (κ1) is 13.1. The van der Waals surface area contributed by atoms with Crippen LogP contribution >= 0.6 is 0 Å². The fourth-order valence-electron chi connectivity index (χ4n) is 2.22. The molecular formula is C14H22O2. The van der Waals surface area contributed by atoms with E-state index in [4.69, 9.17) is 0 Å². The van der Waals surface area contributed by atoms with Crippen molar-refractivity contribution in [1.82, 2.24) is 0 Å². The molecule has 90 valence electrons. The molecule has 2 heteroatoms. The van der Waals surface area contributed by atoms with E-state index < -0.39 is 0 Å². The molecule has 0 N–H and O–H groups in total. The molecule has 0 atom stereocenters. The van der Waals surface area contributed by atoms with Crippen LogP contribution in [-0.2, 0) is 9.59 Å². The molecule has 1 fully saturated rings. The second-order valence-corrected chi connectivity index (χ2v) is 4.72. The standard InChI is InChI=1S/C14H22O2/c1-3-14(16)10-13(11(2)15)9-12-7-5-4-6-8-12/h9,12H,3-8,10H2,1-2H3/b13-9+. The molecule has 0 unspecified atom stereocenters. The molecule has 1 aliphatic rings. The zero-order valence-corrected chi connectivity index (χ0v) is 10.4. The second-order valence-electron chi connectivity index (χ2n) is 4.72. The Hall–Kier alpha value is -0.920. The van der Waals surface area contributed by atoms with Crippen LogP contribution < -0.4 is 0 Å². The van der Waals surface area contributed by atoms with E-state index in [2.05, 4.69) is 6.08 Å². The molecule has 0 aromatic carbocycles. The van der Waals surface area contributed by atoms with Crippen molar-refractivity contribution in [2.24, 2.45) is 5.92 Å². The molecule has 1 aliphatic carbocycles. The maximum Gasteiger partial charge on any atom is 0.155 e. The minimum absolute atomic E-state index is 0.0624. The van der Waals surface area contributed by atoms with Gasteiger partial charge in [0.25, 0.3) is 0 Å². The van der Waals surface area contributed by atoms with Crippen LogP contribution in [0.5, 0.6) is 0 Å². The van der Waals surface area contributed by atoms with Gasteiger partial charge >= 0.3 is 0 Å². The van der Waals surface area contributed by atoms with Crippen LogP contribution in [0.2, 0.25) is 0 Å². The molecule has 0 spiro atoms. The molecule has 0 saturated heterocycles. The van der Waals surface area contributed by atoms with E-state index in [-0.39, 0.29) is 11.6 Å². The molecular weight excluding hydrogens is 200 g/mol. The number of allylic oxidation sites excluding steroid dienone is 2. The van der Waals surface area contributed by atoms with Gasteiger partial charge in [0.1, 0.15) is 5.78 Å². The highest BCUT2D eigenvalue weighted by Crippen LogP contribution is 2.26. The Morgan fingerprint density at radius 1 is 1.19 bits per heavy atom. The molecule has 1 saturated carbocycles. The number of carbonyl (C=O) groups excluding carboxylic acids is 2. The van der Waals surface area contributed by atoms with E-state index in [9.17, 15) is 9.59 Å². The second kappa shape index (κ2) is 6.62. The maximum absolute atomic E-state index is 11.4. The van der Waals surface area contributed by atoms with Crippen molar-refractivity contribution >= 4 is 11.6 Å². The molecule has 2 nitrogen and oxygen atoms in total. The van der Waals surface area contributed by atoms with E-state index in [0.717, 1.165) is 5.57 Å². The Balaban J connectivity index is 2.63. The number of hydrogen-bond acceptors (Lipinski definition) is 2. The van der Waals surface area contributed by atoms with Gasteiger partial charge in [-0.1, -0.05) is 32.3 Å². The van der Waals surface area contributed by atoms with Gasteiger partial charge in [0.05, 0.1) is 0 Å². The first-order valence-corrected chi connectivity index (χ1v) is 6.36. The van der Waals surface area contributed by atoms with Gasteiger partial charge in [-0.15, -0.1) is 0 Å². The maximum atomic E-state index is 11.4. The van der Waals surface area contributed by atoms with Crippen LogP contribution in [0.1, 0.15) is 58.8 Å². The van der Waals surface area contributed by atoms with Crippen LogP contribution in [-0.4, -0.2) is 11.6 Å². The Kier molecular flexibility index (Phi) is 5.44. The van der Waals surface area contributed by atoms with Gasteiger partial charge < -0.3 is 0 Å². The molecule has 16 heavy (non-hydrogen) atoms. The van der Waals surface area contributed by atoms with Gasteiger partial charge in [-0.05, 0) is 31.3 Å². The Morgan fingerprint density at radius 2 is 1.81 bits per heavy atom. The summed E-state index contributed by atoms with van der Waals surface area (Å²) < 4.78 is 0. The Bertz CT molecular complexity index is 283. The summed E-state index contributed by atoms with van der Waals surface area (Å²) in [5, 5.41) is 0. The topological polar surface area (TPSA) is 34.1 Å². The summed E-state index contributed by atoms with van der Waals surface area (Å²) in [6, 6.07) is 0. The summed E-state index contributed by atoms with van der Waals surface area (Å²) in [5.41, 5.74) is 0.735. The fraction of sp³-hybridized carbons (Fsp3) is 0.714. The van der Waals surface area contributed by atoms with Crippen LogP contribution in [0.25, 0.3) is 0 Å². The summed E-state index contributed by atoms with van der Waals surface area (Å²) >= 11 is 0. The molecule has 0 bridgehead atoms. The Labute approximate surface area is 98.1 Å². The summed E-state index contributed by atoms with van der Waals surface area (Å²) in [6.45, 7) is 3.41. The average molecular weight is 222 g/mol. The van der Waals surface area contributed by atoms with Crippen molar-refractivity contribution in [2.75, 3.05) is 0 Å². The summed E-state index contributed by atoms with van der Waals surface area (Å²) in [6.07, 6.45) is 9.11. The van der Waals surface area contributed by atoms with Gasteiger partial charge in [-0.25, -0.2) is 0 Å². The molecule has 0 radical (unpaired) electrons. The molecule has 1 rings (SSSR count). The smallest absolute Gasteiger partial charge is 0.155 e. The monoisotopic (exact) mass is 222 g/mol. The van der Waals surface area contributed by atoms with Gasteiger partial charge in [0.2, 0.25) is 0 Å². The third-order valence-electron chi connectivity index (χ3n) is 3.32. The van der Waals surface area contributed by atoms with Crippen molar-refractivity contribution in [3.05, 3.63) is 11.6 Å². The fourth-order valence-corrected chi connectivity index (χ4v) is 2.22. The average Bonchev–Trinajstić information content (AvgIpc) is 2.29. The highest BCUT2D eigenvalue weighted by molar-refractivity contribution is 5.98. The lowest BCUT2D eigenvalue weighted by Gasteiger charge is -2.19. The molecule has 0 aromatic heterocycles. The van der Waals surface area contributed by atoms with E-state index in [1.54, 1.807) is 6.92 Å². The predicted molar refractivity (Wildman–Crippen MR) is 65.3 cm³/mol. The summed E-state index contributed by atoms with van der Waals surface area (Å²) in [5.74, 6) is 0.752. The van der Waals surface area contributed by atoms with Gasteiger partial charge in [-0.3, -0.25) is 9.59 Å². The third kappa shape index (κ3) is 4.30. The van der Waals surface area contributed by atoms with Crippen molar-refractivity contribution in [1.29, 1.82) is 0 Å². The van der Waals surface area contributed by atoms with Gasteiger partial charge in [0, 0.05) is 12.8 Å². The summed E-state index contributed by atoms with van der Waals surface area (Å²) in [4.78, 5) is 22.8. The van der Waals surface area contributed by atoms with E-state index in [1.807, 2.05) is 6.92 Å². The van der Waals surface area contributed by atoms with Crippen LogP contribution in [0.3, 0.4) is 0 Å². The molecule has 0 aromatic rings. The first-order chi connectivity index (χ1) is 7.63.